The summed E-state index contributed by atoms with van der Waals surface area (Å²) in [6, 6.07) is 0. The first-order chi connectivity index (χ1) is 7.59. The summed E-state index contributed by atoms with van der Waals surface area (Å²) < 4.78 is 0. The Kier molecular flexibility index (Phi) is 5.02. The van der Waals surface area contributed by atoms with E-state index in [9.17, 15) is 4.79 Å². The number of hydrogen-bond donors (Lipinski definition) is 1. The molecule has 89 valence electrons. The number of amides is 1. The van der Waals surface area contributed by atoms with Crippen LogP contribution in [0, 0.1) is 13.1 Å². The summed E-state index contributed by atoms with van der Waals surface area (Å²) in [6.45, 7) is 1.93. The molecule has 4 nitrogen and oxygen atoms in total. The van der Waals surface area contributed by atoms with E-state index in [-0.39, 0.29) is 5.91 Å². The van der Waals surface area contributed by atoms with E-state index >= 15 is 0 Å². The largest absolute Gasteiger partial charge is 0.349 e. The number of carbonyl (C=O) groups excluding carboxylic acids is 1. The minimum Gasteiger partial charge on any atom is -0.349 e. The van der Waals surface area contributed by atoms with Crippen molar-refractivity contribution in [1.29, 1.82) is 0 Å². The van der Waals surface area contributed by atoms with Crippen molar-refractivity contribution in [3.05, 3.63) is 17.7 Å². The summed E-state index contributed by atoms with van der Waals surface area (Å²) in [5, 5.41) is 0. The van der Waals surface area contributed by atoms with Gasteiger partial charge in [-0.2, -0.15) is 0 Å². The van der Waals surface area contributed by atoms with Crippen molar-refractivity contribution in [2.75, 3.05) is 14.1 Å². The van der Waals surface area contributed by atoms with Crippen molar-refractivity contribution >= 4 is 5.91 Å². The van der Waals surface area contributed by atoms with E-state index in [0.29, 0.717) is 6.42 Å². The average molecular weight is 222 g/mol. The van der Waals surface area contributed by atoms with Crippen molar-refractivity contribution in [2.45, 2.75) is 39.0 Å². The van der Waals surface area contributed by atoms with Gasteiger partial charge in [0.2, 0.25) is 5.91 Å². The van der Waals surface area contributed by atoms with Gasteiger partial charge in [-0.1, -0.05) is 6.42 Å². The summed E-state index contributed by atoms with van der Waals surface area (Å²) in [6.07, 6.45) is 7.68. The first kappa shape index (κ1) is 12.7. The third kappa shape index (κ3) is 4.47. The number of nitrogens with one attached hydrogen (secondary N) is 1. The summed E-state index contributed by atoms with van der Waals surface area (Å²) >= 11 is 0. The van der Waals surface area contributed by atoms with Gasteiger partial charge < -0.3 is 9.88 Å². The number of unbranched alkanes of at least 4 members (excludes halogenated alkanes) is 2. The molecule has 0 bridgehead atoms. The van der Waals surface area contributed by atoms with Crippen LogP contribution >= 0.6 is 0 Å². The van der Waals surface area contributed by atoms with Crippen molar-refractivity contribution < 1.29 is 4.79 Å². The number of rotatable bonds is 6. The van der Waals surface area contributed by atoms with Crippen LogP contribution < -0.4 is 0 Å². The normalized spacial score (nSPS) is 10.4. The fourth-order valence-electron chi connectivity index (χ4n) is 1.52. The predicted octanol–water partition coefficient (Wildman–Crippen LogP) is 1.71. The fourth-order valence-corrected chi connectivity index (χ4v) is 1.52. The molecule has 4 heteroatoms. The molecular formula is C12H20N3O. The maximum atomic E-state index is 11.3. The van der Waals surface area contributed by atoms with Crippen LogP contribution in [0.4, 0.5) is 0 Å². The molecule has 1 aromatic rings. The fraction of sp³-hybridized carbons (Fsp3) is 0.667. The van der Waals surface area contributed by atoms with Gasteiger partial charge in [0, 0.05) is 26.2 Å². The highest BCUT2D eigenvalue weighted by molar-refractivity contribution is 5.75. The van der Waals surface area contributed by atoms with E-state index in [1.165, 1.54) is 0 Å². The Bertz CT molecular complexity index is 331. The smallest absolute Gasteiger partial charge is 0.222 e. The summed E-state index contributed by atoms with van der Waals surface area (Å²) in [5.41, 5.74) is 1.07. The molecule has 1 N–H and O–H groups in total. The second kappa shape index (κ2) is 6.30. The standard InChI is InChI=1S/C12H20N3O/c1-10-13-9-11(14-10)7-5-4-6-8-12(16)15(2)3/h4-8H2,1-3H3,(H,13,14). The Hall–Kier alpha value is -1.32. The lowest BCUT2D eigenvalue weighted by atomic mass is 10.1. The molecule has 0 aromatic carbocycles. The number of aryl methyl sites for hydroxylation is 2. The number of H-pyrrole nitrogens is 1. The van der Waals surface area contributed by atoms with E-state index in [0.717, 1.165) is 37.2 Å². The Labute approximate surface area is 97.1 Å². The Morgan fingerprint density at radius 1 is 1.38 bits per heavy atom. The first-order valence-corrected chi connectivity index (χ1v) is 5.73. The van der Waals surface area contributed by atoms with Gasteiger partial charge in [-0.15, -0.1) is 0 Å². The molecule has 1 radical (unpaired) electrons. The Morgan fingerprint density at radius 3 is 2.69 bits per heavy atom. The van der Waals surface area contributed by atoms with Crippen LogP contribution in [0.15, 0.2) is 0 Å². The zero-order valence-electron chi connectivity index (χ0n) is 10.3. The first-order valence-electron chi connectivity index (χ1n) is 5.73. The lowest BCUT2D eigenvalue weighted by molar-refractivity contribution is -0.128. The zero-order valence-corrected chi connectivity index (χ0v) is 10.3. The number of aromatic amines is 1. The van der Waals surface area contributed by atoms with Gasteiger partial charge in [0.05, 0.1) is 0 Å². The monoisotopic (exact) mass is 222 g/mol. The molecule has 0 spiro atoms. The van der Waals surface area contributed by atoms with Gasteiger partial charge >= 0.3 is 0 Å². The average Bonchev–Trinajstić information content (AvgIpc) is 2.63. The number of carbonyl (C=O) groups is 1. The topological polar surface area (TPSA) is 49.0 Å². The predicted molar refractivity (Wildman–Crippen MR) is 63.0 cm³/mol. The number of aromatic nitrogens is 2. The van der Waals surface area contributed by atoms with Gasteiger partial charge in [0.15, 0.2) is 0 Å². The van der Waals surface area contributed by atoms with E-state index in [4.69, 9.17) is 0 Å². The van der Waals surface area contributed by atoms with Crippen LogP contribution in [-0.4, -0.2) is 34.9 Å². The third-order valence-corrected chi connectivity index (χ3v) is 2.51. The maximum absolute atomic E-state index is 11.3. The van der Waals surface area contributed by atoms with Crippen molar-refractivity contribution in [3.8, 4) is 0 Å². The molecule has 16 heavy (non-hydrogen) atoms. The minimum absolute atomic E-state index is 0.212. The Balaban J connectivity index is 2.06. The highest BCUT2D eigenvalue weighted by Crippen LogP contribution is 2.06. The molecule has 0 fully saturated rings. The summed E-state index contributed by atoms with van der Waals surface area (Å²) in [4.78, 5) is 20.1. The van der Waals surface area contributed by atoms with E-state index in [1.54, 1.807) is 19.0 Å². The molecule has 1 rings (SSSR count). The maximum Gasteiger partial charge on any atom is 0.222 e. The second-order valence-corrected chi connectivity index (χ2v) is 4.26. The lowest BCUT2D eigenvalue weighted by Gasteiger charge is -2.09. The van der Waals surface area contributed by atoms with Gasteiger partial charge in [0.25, 0.3) is 0 Å². The lowest BCUT2D eigenvalue weighted by Crippen LogP contribution is -2.20. The molecule has 0 saturated carbocycles. The molecular weight excluding hydrogens is 202 g/mol. The van der Waals surface area contributed by atoms with E-state index in [1.807, 2.05) is 6.92 Å². The molecule has 1 amide bonds. The van der Waals surface area contributed by atoms with Crippen LogP contribution in [-0.2, 0) is 11.2 Å². The van der Waals surface area contributed by atoms with Gasteiger partial charge in [-0.3, -0.25) is 4.79 Å². The highest BCUT2D eigenvalue weighted by Gasteiger charge is 2.03. The zero-order chi connectivity index (χ0) is 12.0. The molecule has 0 aliphatic heterocycles. The molecule has 0 unspecified atom stereocenters. The van der Waals surface area contributed by atoms with Crippen LogP contribution in [0.25, 0.3) is 0 Å². The van der Waals surface area contributed by atoms with Gasteiger partial charge in [0.1, 0.15) is 12.0 Å². The molecule has 1 aromatic heterocycles. The number of hydrogen-bond acceptors (Lipinski definition) is 2. The summed E-state index contributed by atoms with van der Waals surface area (Å²) in [5.74, 6) is 1.13. The van der Waals surface area contributed by atoms with Crippen molar-refractivity contribution in [2.24, 2.45) is 0 Å². The van der Waals surface area contributed by atoms with Crippen LogP contribution in [0.3, 0.4) is 0 Å². The molecule has 1 heterocycles. The number of imidazole rings is 1. The molecule has 0 atom stereocenters. The Morgan fingerprint density at radius 2 is 2.12 bits per heavy atom. The number of nitrogens with zero attached hydrogens (tertiary/aromatic N) is 2. The van der Waals surface area contributed by atoms with E-state index < -0.39 is 0 Å². The molecule has 0 aliphatic carbocycles. The second-order valence-electron chi connectivity index (χ2n) is 4.26. The van der Waals surface area contributed by atoms with E-state index in [2.05, 4.69) is 16.2 Å². The van der Waals surface area contributed by atoms with Crippen molar-refractivity contribution in [3.63, 3.8) is 0 Å². The SMILES string of the molecule is Cc1n[c]c(CCCCCC(=O)N(C)C)[nH]1. The quantitative estimate of drug-likeness (QED) is 0.745. The van der Waals surface area contributed by atoms with Gasteiger partial charge in [-0.25, -0.2) is 4.98 Å². The molecule has 0 saturated heterocycles. The third-order valence-electron chi connectivity index (χ3n) is 2.51. The van der Waals surface area contributed by atoms with Crippen LogP contribution in [0.1, 0.15) is 37.2 Å². The summed E-state index contributed by atoms with van der Waals surface area (Å²) in [7, 11) is 3.59. The van der Waals surface area contributed by atoms with Crippen molar-refractivity contribution in [1.82, 2.24) is 14.9 Å². The highest BCUT2D eigenvalue weighted by atomic mass is 16.2. The minimum atomic E-state index is 0.212. The van der Waals surface area contributed by atoms with Gasteiger partial charge in [-0.05, 0) is 26.2 Å². The van der Waals surface area contributed by atoms with Crippen LogP contribution in [0.2, 0.25) is 0 Å². The molecule has 0 aliphatic rings. The van der Waals surface area contributed by atoms with Crippen LogP contribution in [0.5, 0.6) is 0 Å².